The molecule has 6 heteroatoms. The molecule has 0 radical (unpaired) electrons. The summed E-state index contributed by atoms with van der Waals surface area (Å²) in [7, 11) is 0. The van der Waals surface area contributed by atoms with E-state index >= 15 is 0 Å². The van der Waals surface area contributed by atoms with Gasteiger partial charge >= 0.3 is 0 Å². The van der Waals surface area contributed by atoms with E-state index < -0.39 is 0 Å². The second-order valence-corrected chi connectivity index (χ2v) is 5.19. The highest BCUT2D eigenvalue weighted by Crippen LogP contribution is 2.17. The van der Waals surface area contributed by atoms with Crippen molar-refractivity contribution < 1.29 is 4.79 Å². The van der Waals surface area contributed by atoms with Crippen molar-refractivity contribution in [3.63, 3.8) is 0 Å². The Bertz CT molecular complexity index is 582. The summed E-state index contributed by atoms with van der Waals surface area (Å²) in [5.41, 5.74) is 7.53. The SMILES string of the molecule is Cc1ccsc1CNC(=O)c1cc(Cl)ncc1N. The lowest BCUT2D eigenvalue weighted by Crippen LogP contribution is -2.23. The summed E-state index contributed by atoms with van der Waals surface area (Å²) in [6.07, 6.45) is 1.38. The Morgan fingerprint density at radius 1 is 1.61 bits per heavy atom. The Morgan fingerprint density at radius 3 is 3.06 bits per heavy atom. The van der Waals surface area contributed by atoms with Crippen LogP contribution < -0.4 is 11.1 Å². The van der Waals surface area contributed by atoms with Gasteiger partial charge in [0.15, 0.2) is 0 Å². The first-order valence-corrected chi connectivity index (χ1v) is 6.56. The Hall–Kier alpha value is -1.59. The molecule has 0 aromatic carbocycles. The summed E-state index contributed by atoms with van der Waals surface area (Å²) < 4.78 is 0. The molecule has 0 aliphatic carbocycles. The van der Waals surface area contributed by atoms with Crippen molar-refractivity contribution in [1.82, 2.24) is 10.3 Å². The van der Waals surface area contributed by atoms with Gasteiger partial charge in [0.25, 0.3) is 5.91 Å². The van der Waals surface area contributed by atoms with Crippen molar-refractivity contribution in [1.29, 1.82) is 0 Å². The van der Waals surface area contributed by atoms with Crippen molar-refractivity contribution in [3.05, 3.63) is 44.9 Å². The number of anilines is 1. The molecule has 0 spiro atoms. The fourth-order valence-electron chi connectivity index (χ4n) is 1.48. The number of nitrogens with zero attached hydrogens (tertiary/aromatic N) is 1. The zero-order valence-corrected chi connectivity index (χ0v) is 11.3. The third-order valence-corrected chi connectivity index (χ3v) is 3.75. The maximum atomic E-state index is 12.0. The van der Waals surface area contributed by atoms with E-state index in [1.165, 1.54) is 17.8 Å². The number of carbonyl (C=O) groups is 1. The van der Waals surface area contributed by atoms with Gasteiger partial charge in [-0.1, -0.05) is 11.6 Å². The van der Waals surface area contributed by atoms with Gasteiger partial charge in [0, 0.05) is 4.88 Å². The van der Waals surface area contributed by atoms with Crippen molar-refractivity contribution >= 4 is 34.5 Å². The molecule has 2 rings (SSSR count). The van der Waals surface area contributed by atoms with E-state index in [2.05, 4.69) is 10.3 Å². The summed E-state index contributed by atoms with van der Waals surface area (Å²) in [6.45, 7) is 2.50. The van der Waals surface area contributed by atoms with E-state index in [-0.39, 0.29) is 11.1 Å². The Labute approximate surface area is 114 Å². The van der Waals surface area contributed by atoms with E-state index in [1.807, 2.05) is 18.4 Å². The number of nitrogens with two attached hydrogens (primary N) is 1. The minimum atomic E-state index is -0.246. The minimum absolute atomic E-state index is 0.246. The molecular formula is C12H12ClN3OS. The number of carbonyl (C=O) groups excluding carboxylic acids is 1. The first kappa shape index (κ1) is 12.9. The molecule has 0 unspecified atom stereocenters. The highest BCUT2D eigenvalue weighted by molar-refractivity contribution is 7.10. The second kappa shape index (κ2) is 5.37. The second-order valence-electron chi connectivity index (χ2n) is 3.80. The third kappa shape index (κ3) is 2.80. The van der Waals surface area contributed by atoms with Gasteiger partial charge in [0.1, 0.15) is 5.15 Å². The number of thiophene rings is 1. The molecular weight excluding hydrogens is 270 g/mol. The molecule has 94 valence electrons. The lowest BCUT2D eigenvalue weighted by Gasteiger charge is -2.07. The predicted molar refractivity (Wildman–Crippen MR) is 73.9 cm³/mol. The van der Waals surface area contributed by atoms with Crippen LogP contribution in [0.4, 0.5) is 5.69 Å². The number of aryl methyl sites for hydroxylation is 1. The van der Waals surface area contributed by atoms with E-state index in [1.54, 1.807) is 11.3 Å². The van der Waals surface area contributed by atoms with Crippen LogP contribution in [0.1, 0.15) is 20.8 Å². The number of halogens is 1. The number of hydrogen-bond donors (Lipinski definition) is 2. The fraction of sp³-hybridized carbons (Fsp3) is 0.167. The first-order valence-electron chi connectivity index (χ1n) is 5.30. The van der Waals surface area contributed by atoms with Crippen LogP contribution in [0.15, 0.2) is 23.7 Å². The van der Waals surface area contributed by atoms with Crippen LogP contribution in [0.25, 0.3) is 0 Å². The van der Waals surface area contributed by atoms with Crippen molar-refractivity contribution in [2.45, 2.75) is 13.5 Å². The van der Waals surface area contributed by atoms with Crippen molar-refractivity contribution in [2.24, 2.45) is 0 Å². The van der Waals surface area contributed by atoms with Gasteiger partial charge in [-0.05, 0) is 30.0 Å². The number of nitrogens with one attached hydrogen (secondary N) is 1. The molecule has 2 aromatic rings. The van der Waals surface area contributed by atoms with E-state index in [0.29, 0.717) is 17.8 Å². The Kier molecular flexibility index (Phi) is 3.84. The maximum Gasteiger partial charge on any atom is 0.253 e. The van der Waals surface area contributed by atoms with E-state index in [4.69, 9.17) is 17.3 Å². The van der Waals surface area contributed by atoms with E-state index in [9.17, 15) is 4.79 Å². The molecule has 2 heterocycles. The molecule has 0 saturated heterocycles. The molecule has 0 saturated carbocycles. The number of aromatic nitrogens is 1. The highest BCUT2D eigenvalue weighted by atomic mass is 35.5. The number of hydrogen-bond acceptors (Lipinski definition) is 4. The lowest BCUT2D eigenvalue weighted by atomic mass is 10.2. The predicted octanol–water partition coefficient (Wildman–Crippen LogP) is 2.62. The quantitative estimate of drug-likeness (QED) is 0.850. The number of rotatable bonds is 3. The summed E-state index contributed by atoms with van der Waals surface area (Å²) in [5, 5.41) is 5.06. The van der Waals surface area contributed by atoms with Crippen LogP contribution in [-0.2, 0) is 6.54 Å². The molecule has 0 bridgehead atoms. The summed E-state index contributed by atoms with van der Waals surface area (Å²) in [5.74, 6) is -0.246. The van der Waals surface area contributed by atoms with Crippen LogP contribution >= 0.6 is 22.9 Å². The zero-order chi connectivity index (χ0) is 13.1. The average Bonchev–Trinajstić information content (AvgIpc) is 2.75. The molecule has 1 amide bonds. The molecule has 0 fully saturated rings. The third-order valence-electron chi connectivity index (χ3n) is 2.52. The molecule has 0 aliphatic rings. The largest absolute Gasteiger partial charge is 0.397 e. The molecule has 2 aromatic heterocycles. The smallest absolute Gasteiger partial charge is 0.253 e. The lowest BCUT2D eigenvalue weighted by molar-refractivity contribution is 0.0952. The summed E-state index contributed by atoms with van der Waals surface area (Å²) in [6, 6.07) is 3.48. The first-order chi connectivity index (χ1) is 8.58. The monoisotopic (exact) mass is 281 g/mol. The average molecular weight is 282 g/mol. The minimum Gasteiger partial charge on any atom is -0.397 e. The van der Waals surface area contributed by atoms with Gasteiger partial charge in [-0.25, -0.2) is 4.98 Å². The number of amides is 1. The standard InChI is InChI=1S/C12H12ClN3OS/c1-7-2-3-18-10(7)6-16-12(17)8-4-11(13)15-5-9(8)14/h2-5H,6,14H2,1H3,(H,16,17). The summed E-state index contributed by atoms with van der Waals surface area (Å²) >= 11 is 7.35. The normalized spacial score (nSPS) is 10.3. The zero-order valence-electron chi connectivity index (χ0n) is 9.74. The fourth-order valence-corrected chi connectivity index (χ4v) is 2.48. The van der Waals surface area contributed by atoms with Crippen LogP contribution in [0.2, 0.25) is 5.15 Å². The van der Waals surface area contributed by atoms with Gasteiger partial charge in [-0.3, -0.25) is 4.79 Å². The van der Waals surface area contributed by atoms with Gasteiger partial charge in [-0.15, -0.1) is 11.3 Å². The molecule has 18 heavy (non-hydrogen) atoms. The van der Waals surface area contributed by atoms with E-state index in [0.717, 1.165) is 4.88 Å². The van der Waals surface area contributed by atoms with Gasteiger partial charge in [0.05, 0.1) is 24.0 Å². The summed E-state index contributed by atoms with van der Waals surface area (Å²) in [4.78, 5) is 16.9. The van der Waals surface area contributed by atoms with Gasteiger partial charge in [0.2, 0.25) is 0 Å². The molecule has 0 atom stereocenters. The molecule has 3 N–H and O–H groups in total. The van der Waals surface area contributed by atoms with Crippen LogP contribution in [-0.4, -0.2) is 10.9 Å². The highest BCUT2D eigenvalue weighted by Gasteiger charge is 2.11. The van der Waals surface area contributed by atoms with Gasteiger partial charge < -0.3 is 11.1 Å². The number of pyridine rings is 1. The van der Waals surface area contributed by atoms with Crippen molar-refractivity contribution in [2.75, 3.05) is 5.73 Å². The maximum absolute atomic E-state index is 12.0. The van der Waals surface area contributed by atoms with Crippen LogP contribution in [0.3, 0.4) is 0 Å². The van der Waals surface area contributed by atoms with Crippen molar-refractivity contribution in [3.8, 4) is 0 Å². The van der Waals surface area contributed by atoms with Crippen LogP contribution in [0.5, 0.6) is 0 Å². The van der Waals surface area contributed by atoms with Crippen LogP contribution in [0, 0.1) is 6.92 Å². The van der Waals surface area contributed by atoms with Gasteiger partial charge in [-0.2, -0.15) is 0 Å². The Morgan fingerprint density at radius 2 is 2.39 bits per heavy atom. The Balaban J connectivity index is 2.08. The number of nitrogen functional groups attached to an aromatic ring is 1. The molecule has 4 nitrogen and oxygen atoms in total. The topological polar surface area (TPSA) is 68.0 Å². The molecule has 0 aliphatic heterocycles.